The van der Waals surface area contributed by atoms with Crippen LogP contribution in [0.2, 0.25) is 0 Å². The number of nitrogens with zero attached hydrogens (tertiary/aromatic N) is 3. The Labute approximate surface area is 95.7 Å². The van der Waals surface area contributed by atoms with Crippen LogP contribution < -0.4 is 11.3 Å². The molecule has 3 N–H and O–H groups in total. The highest BCUT2D eigenvalue weighted by Gasteiger charge is 2.14. The standard InChI is InChI=1S/C11H19N5/c1-16-8-13-7-10(16)11(15-12)14-9-5-3-2-4-6-9/h7-9H,2-6,12H2,1H3,(H,14,15). The van der Waals surface area contributed by atoms with Crippen molar-refractivity contribution in [2.45, 2.75) is 38.1 Å². The van der Waals surface area contributed by atoms with Crippen molar-refractivity contribution in [3.05, 3.63) is 18.2 Å². The SMILES string of the molecule is Cn1cncc1C(=NC1CCCCC1)NN. The van der Waals surface area contributed by atoms with E-state index in [2.05, 4.69) is 15.4 Å². The molecule has 0 bridgehead atoms. The lowest BCUT2D eigenvalue weighted by Crippen LogP contribution is -2.34. The summed E-state index contributed by atoms with van der Waals surface area (Å²) in [5.41, 5.74) is 3.62. The smallest absolute Gasteiger partial charge is 0.161 e. The maximum Gasteiger partial charge on any atom is 0.161 e. The molecule has 0 radical (unpaired) electrons. The van der Waals surface area contributed by atoms with Gasteiger partial charge in [0.25, 0.3) is 0 Å². The van der Waals surface area contributed by atoms with Crippen molar-refractivity contribution in [3.63, 3.8) is 0 Å². The van der Waals surface area contributed by atoms with Crippen molar-refractivity contribution in [1.29, 1.82) is 0 Å². The van der Waals surface area contributed by atoms with Crippen molar-refractivity contribution in [1.82, 2.24) is 15.0 Å². The number of aromatic nitrogens is 2. The van der Waals surface area contributed by atoms with Crippen LogP contribution in [0.4, 0.5) is 0 Å². The first-order valence-electron chi connectivity index (χ1n) is 5.82. The van der Waals surface area contributed by atoms with Gasteiger partial charge in [0.2, 0.25) is 0 Å². The largest absolute Gasteiger partial charge is 0.331 e. The summed E-state index contributed by atoms with van der Waals surface area (Å²) in [5, 5.41) is 0. The van der Waals surface area contributed by atoms with E-state index in [1.807, 2.05) is 11.6 Å². The van der Waals surface area contributed by atoms with E-state index >= 15 is 0 Å². The van der Waals surface area contributed by atoms with Crippen molar-refractivity contribution < 1.29 is 0 Å². The van der Waals surface area contributed by atoms with Gasteiger partial charge in [-0.1, -0.05) is 19.3 Å². The quantitative estimate of drug-likeness (QED) is 0.338. The van der Waals surface area contributed by atoms with Gasteiger partial charge in [0, 0.05) is 7.05 Å². The molecular formula is C11H19N5. The molecule has 0 atom stereocenters. The van der Waals surface area contributed by atoms with Gasteiger partial charge in [-0.15, -0.1) is 0 Å². The molecule has 1 aromatic heterocycles. The van der Waals surface area contributed by atoms with Crippen molar-refractivity contribution >= 4 is 5.84 Å². The molecule has 2 rings (SSSR count). The first kappa shape index (κ1) is 11.1. The highest BCUT2D eigenvalue weighted by Crippen LogP contribution is 2.20. The first-order valence-corrected chi connectivity index (χ1v) is 5.82. The number of hydrogen-bond donors (Lipinski definition) is 2. The van der Waals surface area contributed by atoms with E-state index in [1.165, 1.54) is 32.1 Å². The Balaban J connectivity index is 2.15. The summed E-state index contributed by atoms with van der Waals surface area (Å²) in [6.07, 6.45) is 9.76. The highest BCUT2D eigenvalue weighted by atomic mass is 15.3. The number of hydrogen-bond acceptors (Lipinski definition) is 3. The minimum Gasteiger partial charge on any atom is -0.331 e. The number of amidine groups is 1. The summed E-state index contributed by atoms with van der Waals surface area (Å²) in [5.74, 6) is 6.27. The predicted octanol–water partition coefficient (Wildman–Crippen LogP) is 0.963. The summed E-state index contributed by atoms with van der Waals surface area (Å²) in [6, 6.07) is 0.412. The van der Waals surface area contributed by atoms with Gasteiger partial charge in [-0.3, -0.25) is 4.99 Å². The molecule has 16 heavy (non-hydrogen) atoms. The lowest BCUT2D eigenvalue weighted by atomic mass is 9.96. The number of nitrogens with one attached hydrogen (secondary N) is 1. The van der Waals surface area contributed by atoms with Crippen LogP contribution >= 0.6 is 0 Å². The molecule has 1 aliphatic carbocycles. The van der Waals surface area contributed by atoms with Crippen molar-refractivity contribution in [2.75, 3.05) is 0 Å². The molecule has 88 valence electrons. The second-order valence-electron chi connectivity index (χ2n) is 4.30. The Kier molecular flexibility index (Phi) is 3.56. The summed E-state index contributed by atoms with van der Waals surface area (Å²) < 4.78 is 1.92. The fourth-order valence-corrected chi connectivity index (χ4v) is 2.16. The minimum absolute atomic E-state index is 0.412. The Morgan fingerprint density at radius 1 is 1.50 bits per heavy atom. The lowest BCUT2D eigenvalue weighted by Gasteiger charge is -2.19. The van der Waals surface area contributed by atoms with E-state index in [0.29, 0.717) is 6.04 Å². The Bertz CT molecular complexity index is 362. The number of hydrazine groups is 1. The Morgan fingerprint density at radius 3 is 2.81 bits per heavy atom. The Morgan fingerprint density at radius 2 is 2.25 bits per heavy atom. The van der Waals surface area contributed by atoms with Crippen LogP contribution in [0.25, 0.3) is 0 Å². The summed E-state index contributed by atoms with van der Waals surface area (Å²) in [6.45, 7) is 0. The third kappa shape index (κ3) is 2.41. The molecule has 0 unspecified atom stereocenters. The van der Waals surface area contributed by atoms with Crippen LogP contribution in [-0.2, 0) is 7.05 Å². The number of rotatable bonds is 2. The van der Waals surface area contributed by atoms with Gasteiger partial charge in [0.1, 0.15) is 5.69 Å². The first-order chi connectivity index (χ1) is 7.81. The number of aliphatic imine (C=N–C) groups is 1. The maximum absolute atomic E-state index is 5.53. The Hall–Kier alpha value is -1.36. The van der Waals surface area contributed by atoms with Crippen LogP contribution in [0, 0.1) is 0 Å². The zero-order chi connectivity index (χ0) is 11.4. The summed E-state index contributed by atoms with van der Waals surface area (Å²) in [7, 11) is 1.94. The van der Waals surface area contributed by atoms with Gasteiger partial charge in [-0.25, -0.2) is 10.8 Å². The van der Waals surface area contributed by atoms with E-state index in [0.717, 1.165) is 11.5 Å². The zero-order valence-electron chi connectivity index (χ0n) is 9.69. The van der Waals surface area contributed by atoms with E-state index < -0.39 is 0 Å². The van der Waals surface area contributed by atoms with Crippen molar-refractivity contribution in [2.24, 2.45) is 17.9 Å². The van der Waals surface area contributed by atoms with E-state index in [4.69, 9.17) is 5.84 Å². The molecule has 1 aromatic rings. The fourth-order valence-electron chi connectivity index (χ4n) is 2.16. The molecule has 5 nitrogen and oxygen atoms in total. The summed E-state index contributed by atoms with van der Waals surface area (Å²) >= 11 is 0. The van der Waals surface area contributed by atoms with Gasteiger partial charge in [-0.2, -0.15) is 0 Å². The maximum atomic E-state index is 5.53. The van der Waals surface area contributed by atoms with Crippen molar-refractivity contribution in [3.8, 4) is 0 Å². The van der Waals surface area contributed by atoms with Gasteiger partial charge in [0.05, 0.1) is 18.6 Å². The predicted molar refractivity (Wildman–Crippen MR) is 63.9 cm³/mol. The molecule has 1 fully saturated rings. The average Bonchev–Trinajstić information content (AvgIpc) is 2.74. The number of aryl methyl sites for hydroxylation is 1. The third-order valence-corrected chi connectivity index (χ3v) is 3.08. The molecule has 1 heterocycles. The van der Waals surface area contributed by atoms with E-state index in [-0.39, 0.29) is 0 Å². The van der Waals surface area contributed by atoms with Gasteiger partial charge < -0.3 is 9.99 Å². The highest BCUT2D eigenvalue weighted by molar-refractivity contribution is 5.96. The van der Waals surface area contributed by atoms with Crippen LogP contribution in [0.3, 0.4) is 0 Å². The fraction of sp³-hybridized carbons (Fsp3) is 0.636. The summed E-state index contributed by atoms with van der Waals surface area (Å²) in [4.78, 5) is 8.75. The molecular weight excluding hydrogens is 202 g/mol. The normalized spacial score (nSPS) is 18.8. The average molecular weight is 221 g/mol. The molecule has 0 amide bonds. The number of imidazole rings is 1. The topological polar surface area (TPSA) is 68.2 Å². The minimum atomic E-state index is 0.412. The second-order valence-corrected chi connectivity index (χ2v) is 4.30. The molecule has 0 saturated heterocycles. The van der Waals surface area contributed by atoms with Crippen LogP contribution in [0.1, 0.15) is 37.8 Å². The molecule has 0 aliphatic heterocycles. The third-order valence-electron chi connectivity index (χ3n) is 3.08. The van der Waals surface area contributed by atoms with Crippen LogP contribution in [-0.4, -0.2) is 21.4 Å². The molecule has 5 heteroatoms. The second kappa shape index (κ2) is 5.12. The van der Waals surface area contributed by atoms with Crippen LogP contribution in [0.15, 0.2) is 17.5 Å². The van der Waals surface area contributed by atoms with Gasteiger partial charge in [0.15, 0.2) is 5.84 Å². The monoisotopic (exact) mass is 221 g/mol. The van der Waals surface area contributed by atoms with E-state index in [1.54, 1.807) is 12.5 Å². The number of nitrogens with two attached hydrogens (primary N) is 1. The molecule has 0 spiro atoms. The van der Waals surface area contributed by atoms with Crippen LogP contribution in [0.5, 0.6) is 0 Å². The molecule has 1 saturated carbocycles. The molecule has 0 aromatic carbocycles. The zero-order valence-corrected chi connectivity index (χ0v) is 9.69. The van der Waals surface area contributed by atoms with E-state index in [9.17, 15) is 0 Å². The molecule has 1 aliphatic rings. The lowest BCUT2D eigenvalue weighted by molar-refractivity contribution is 0.442. The van der Waals surface area contributed by atoms with Gasteiger partial charge >= 0.3 is 0 Å². The van der Waals surface area contributed by atoms with Gasteiger partial charge in [-0.05, 0) is 12.8 Å².